The molecule has 2 aromatic heterocycles. The zero-order chi connectivity index (χ0) is 12.6. The van der Waals surface area contributed by atoms with Gasteiger partial charge in [0.15, 0.2) is 11.6 Å². The third-order valence-corrected chi connectivity index (χ3v) is 3.11. The van der Waals surface area contributed by atoms with E-state index in [4.69, 9.17) is 14.7 Å². The summed E-state index contributed by atoms with van der Waals surface area (Å²) in [4.78, 5) is 0. The van der Waals surface area contributed by atoms with E-state index in [1.165, 1.54) is 0 Å². The number of aryl methyl sites for hydroxylation is 2. The molecule has 0 bridgehead atoms. The highest BCUT2D eigenvalue weighted by molar-refractivity contribution is 5.71. The molecule has 0 aliphatic rings. The lowest BCUT2D eigenvalue weighted by atomic mass is 10.0. The lowest BCUT2D eigenvalue weighted by molar-refractivity contribution is 0.433. The van der Waals surface area contributed by atoms with E-state index in [1.54, 1.807) is 0 Å². The van der Waals surface area contributed by atoms with Crippen LogP contribution >= 0.6 is 0 Å². The molecule has 0 saturated heterocycles. The van der Waals surface area contributed by atoms with E-state index in [0.29, 0.717) is 5.82 Å². The monoisotopic (exact) mass is 234 g/mol. The quantitative estimate of drug-likeness (QED) is 0.884. The number of hydrogen-bond donors (Lipinski definition) is 1. The van der Waals surface area contributed by atoms with Crippen molar-refractivity contribution in [1.82, 2.24) is 5.16 Å². The van der Waals surface area contributed by atoms with Crippen LogP contribution in [0.1, 0.15) is 36.0 Å². The van der Waals surface area contributed by atoms with Gasteiger partial charge in [0.2, 0.25) is 0 Å². The van der Waals surface area contributed by atoms with Crippen molar-refractivity contribution in [1.29, 1.82) is 0 Å². The summed E-state index contributed by atoms with van der Waals surface area (Å²) in [6, 6.07) is 0. The van der Waals surface area contributed by atoms with Crippen LogP contribution in [-0.4, -0.2) is 5.16 Å². The predicted molar refractivity (Wildman–Crippen MR) is 66.8 cm³/mol. The number of nitrogen functional groups attached to an aromatic ring is 1. The van der Waals surface area contributed by atoms with Crippen LogP contribution in [0.25, 0.3) is 11.3 Å². The Kier molecular flexibility index (Phi) is 2.96. The number of hydrogen-bond acceptors (Lipinski definition) is 4. The van der Waals surface area contributed by atoms with Gasteiger partial charge in [0.1, 0.15) is 11.5 Å². The van der Waals surface area contributed by atoms with Crippen molar-refractivity contribution in [3.8, 4) is 11.3 Å². The number of anilines is 1. The molecule has 0 saturated carbocycles. The highest BCUT2D eigenvalue weighted by Crippen LogP contribution is 2.36. The smallest absolute Gasteiger partial charge is 0.176 e. The minimum atomic E-state index is 0.486. The van der Waals surface area contributed by atoms with E-state index in [1.807, 2.05) is 20.8 Å². The van der Waals surface area contributed by atoms with Gasteiger partial charge in [0, 0.05) is 11.1 Å². The largest absolute Gasteiger partial charge is 0.466 e. The van der Waals surface area contributed by atoms with Gasteiger partial charge in [-0.3, -0.25) is 0 Å². The van der Waals surface area contributed by atoms with E-state index in [-0.39, 0.29) is 0 Å². The molecule has 2 rings (SSSR count). The minimum absolute atomic E-state index is 0.486. The summed E-state index contributed by atoms with van der Waals surface area (Å²) in [5.41, 5.74) is 8.91. The fourth-order valence-electron chi connectivity index (χ4n) is 2.14. The molecule has 17 heavy (non-hydrogen) atoms. The second kappa shape index (κ2) is 4.28. The maximum absolute atomic E-state index is 5.84. The number of nitrogens with two attached hydrogens (primary N) is 1. The topological polar surface area (TPSA) is 65.2 Å². The van der Waals surface area contributed by atoms with Gasteiger partial charge < -0.3 is 14.7 Å². The third-order valence-electron chi connectivity index (χ3n) is 3.11. The van der Waals surface area contributed by atoms with Gasteiger partial charge >= 0.3 is 0 Å². The zero-order valence-electron chi connectivity index (χ0n) is 10.8. The first-order chi connectivity index (χ1) is 8.06. The second-order valence-electron chi connectivity index (χ2n) is 4.34. The Morgan fingerprint density at radius 2 is 1.88 bits per heavy atom. The molecular formula is C13H18N2O2. The third kappa shape index (κ3) is 1.84. The Morgan fingerprint density at radius 3 is 2.41 bits per heavy atom. The molecule has 0 aliphatic carbocycles. The van der Waals surface area contributed by atoms with Crippen LogP contribution in [0.2, 0.25) is 0 Å². The maximum atomic E-state index is 5.84. The van der Waals surface area contributed by atoms with E-state index >= 15 is 0 Å². The Hall–Kier alpha value is -1.71. The summed E-state index contributed by atoms with van der Waals surface area (Å²) in [5, 5.41) is 3.86. The van der Waals surface area contributed by atoms with E-state index in [2.05, 4.69) is 12.1 Å². The summed E-state index contributed by atoms with van der Waals surface area (Å²) in [7, 11) is 0. The average Bonchev–Trinajstić information content (AvgIpc) is 2.73. The standard InChI is InChI=1S/C13H18N2O2/c1-5-6-10-12(17-15-13(10)14)11-7(2)8(3)16-9(11)4/h5-6H2,1-4H3,(H2,14,15). The molecule has 2 aromatic rings. The highest BCUT2D eigenvalue weighted by atomic mass is 16.5. The molecule has 0 spiro atoms. The number of furan rings is 1. The van der Waals surface area contributed by atoms with Crippen LogP contribution in [0.3, 0.4) is 0 Å². The van der Waals surface area contributed by atoms with Crippen molar-refractivity contribution in [2.24, 2.45) is 0 Å². The molecule has 92 valence electrons. The molecule has 0 atom stereocenters. The molecule has 2 heterocycles. The van der Waals surface area contributed by atoms with Gasteiger partial charge in [-0.05, 0) is 27.2 Å². The number of aromatic nitrogens is 1. The van der Waals surface area contributed by atoms with Gasteiger partial charge in [0.25, 0.3) is 0 Å². The van der Waals surface area contributed by atoms with Crippen molar-refractivity contribution in [2.75, 3.05) is 5.73 Å². The highest BCUT2D eigenvalue weighted by Gasteiger charge is 2.22. The number of nitrogens with zero attached hydrogens (tertiary/aromatic N) is 1. The van der Waals surface area contributed by atoms with Gasteiger partial charge in [0.05, 0.1) is 5.56 Å². The van der Waals surface area contributed by atoms with Crippen LogP contribution < -0.4 is 5.73 Å². The summed E-state index contributed by atoms with van der Waals surface area (Å²) >= 11 is 0. The predicted octanol–water partition coefficient (Wildman–Crippen LogP) is 3.39. The minimum Gasteiger partial charge on any atom is -0.466 e. The Balaban J connectivity index is 2.60. The molecule has 0 unspecified atom stereocenters. The van der Waals surface area contributed by atoms with Gasteiger partial charge in [-0.2, -0.15) is 0 Å². The molecule has 2 N–H and O–H groups in total. The molecule has 0 aliphatic heterocycles. The van der Waals surface area contributed by atoms with Crippen LogP contribution in [0, 0.1) is 20.8 Å². The van der Waals surface area contributed by atoms with E-state index in [0.717, 1.165) is 46.8 Å². The Bertz CT molecular complexity index is 538. The Labute approximate surface area is 101 Å². The molecule has 0 amide bonds. The van der Waals surface area contributed by atoms with E-state index in [9.17, 15) is 0 Å². The van der Waals surface area contributed by atoms with Crippen LogP contribution in [-0.2, 0) is 6.42 Å². The molecule has 4 heteroatoms. The van der Waals surface area contributed by atoms with Crippen molar-refractivity contribution in [3.63, 3.8) is 0 Å². The first-order valence-corrected chi connectivity index (χ1v) is 5.87. The fourth-order valence-corrected chi connectivity index (χ4v) is 2.14. The zero-order valence-corrected chi connectivity index (χ0v) is 10.8. The maximum Gasteiger partial charge on any atom is 0.176 e. The summed E-state index contributed by atoms with van der Waals surface area (Å²) in [6.07, 6.45) is 1.88. The van der Waals surface area contributed by atoms with Gasteiger partial charge in [-0.25, -0.2) is 0 Å². The van der Waals surface area contributed by atoms with Crippen molar-refractivity contribution in [3.05, 3.63) is 22.6 Å². The second-order valence-corrected chi connectivity index (χ2v) is 4.34. The average molecular weight is 234 g/mol. The van der Waals surface area contributed by atoms with Gasteiger partial charge in [-0.15, -0.1) is 0 Å². The van der Waals surface area contributed by atoms with Crippen LogP contribution in [0.4, 0.5) is 5.82 Å². The summed E-state index contributed by atoms with van der Waals surface area (Å²) in [5.74, 6) is 3.01. The van der Waals surface area contributed by atoms with Crippen LogP contribution in [0.15, 0.2) is 8.94 Å². The molecular weight excluding hydrogens is 216 g/mol. The Morgan fingerprint density at radius 1 is 1.18 bits per heavy atom. The van der Waals surface area contributed by atoms with E-state index < -0.39 is 0 Å². The first-order valence-electron chi connectivity index (χ1n) is 5.87. The lowest BCUT2D eigenvalue weighted by Gasteiger charge is -2.00. The molecule has 4 nitrogen and oxygen atoms in total. The molecule has 0 radical (unpaired) electrons. The summed E-state index contributed by atoms with van der Waals surface area (Å²) < 4.78 is 11.0. The molecule has 0 aromatic carbocycles. The summed E-state index contributed by atoms with van der Waals surface area (Å²) in [6.45, 7) is 8.01. The normalized spacial score (nSPS) is 11.1. The molecule has 0 fully saturated rings. The number of rotatable bonds is 3. The SMILES string of the molecule is CCCc1c(N)noc1-c1c(C)oc(C)c1C. The van der Waals surface area contributed by atoms with Gasteiger partial charge in [-0.1, -0.05) is 18.5 Å². The van der Waals surface area contributed by atoms with Crippen molar-refractivity contribution >= 4 is 5.82 Å². The van der Waals surface area contributed by atoms with Crippen molar-refractivity contribution < 1.29 is 8.94 Å². The fraction of sp³-hybridized carbons (Fsp3) is 0.462. The van der Waals surface area contributed by atoms with Crippen molar-refractivity contribution in [2.45, 2.75) is 40.5 Å². The van der Waals surface area contributed by atoms with Crippen LogP contribution in [0.5, 0.6) is 0 Å². The first kappa shape index (κ1) is 11.8. The lowest BCUT2D eigenvalue weighted by Crippen LogP contribution is -1.93.